The van der Waals surface area contributed by atoms with Gasteiger partial charge in [-0.25, -0.2) is 0 Å². The van der Waals surface area contributed by atoms with Crippen LogP contribution >= 0.6 is 0 Å². The number of ether oxygens (including phenoxy) is 1. The largest absolute Gasteiger partial charge is 0.455 e. The number of hydrazone groups is 1. The fraction of sp³-hybridized carbons (Fsp3) is 0.321. The summed E-state index contributed by atoms with van der Waals surface area (Å²) >= 11 is 0. The number of hydrogen-bond donors (Lipinski definition) is 0. The number of anilines is 1. The molecular weight excluding hydrogens is 380 g/mol. The second kappa shape index (κ2) is 11.9. The highest BCUT2D eigenvalue weighted by Gasteiger charge is 2.25. The molecule has 3 rings (SSSR count). The smallest absolute Gasteiger partial charge is 0.152 e. The van der Waals surface area contributed by atoms with Gasteiger partial charge in [0.2, 0.25) is 0 Å². The molecule has 0 aromatic heterocycles. The van der Waals surface area contributed by atoms with Gasteiger partial charge in [0, 0.05) is 13.3 Å². The third kappa shape index (κ3) is 6.45. The number of para-hydroxylation sites is 3. The topological polar surface area (TPSA) is 24.8 Å². The molecule has 0 amide bonds. The molecule has 0 heterocycles. The normalized spacial score (nSPS) is 12.6. The van der Waals surface area contributed by atoms with Crippen LogP contribution in [0.4, 0.5) is 5.69 Å². The lowest BCUT2D eigenvalue weighted by atomic mass is 9.76. The molecule has 0 aliphatic carbocycles. The van der Waals surface area contributed by atoms with Gasteiger partial charge in [0.15, 0.2) is 5.75 Å². The lowest BCUT2D eigenvalue weighted by Crippen LogP contribution is -2.23. The molecule has 31 heavy (non-hydrogen) atoms. The molecule has 0 aliphatic rings. The van der Waals surface area contributed by atoms with Crippen LogP contribution in [-0.4, -0.2) is 13.3 Å². The van der Waals surface area contributed by atoms with E-state index in [2.05, 4.69) is 45.0 Å². The fourth-order valence-corrected chi connectivity index (χ4v) is 3.55. The van der Waals surface area contributed by atoms with Gasteiger partial charge < -0.3 is 4.74 Å². The van der Waals surface area contributed by atoms with Gasteiger partial charge in [0.25, 0.3) is 0 Å². The van der Waals surface area contributed by atoms with Crippen molar-refractivity contribution >= 4 is 11.9 Å². The van der Waals surface area contributed by atoms with Crippen LogP contribution in [0.5, 0.6) is 11.5 Å². The number of hydrogen-bond acceptors (Lipinski definition) is 3. The van der Waals surface area contributed by atoms with E-state index < -0.39 is 0 Å². The van der Waals surface area contributed by atoms with E-state index >= 15 is 0 Å². The van der Waals surface area contributed by atoms with Crippen molar-refractivity contribution in [2.24, 2.45) is 5.10 Å². The Morgan fingerprint density at radius 3 is 2.19 bits per heavy atom. The molecule has 0 N–H and O–H groups in total. The van der Waals surface area contributed by atoms with Crippen molar-refractivity contribution in [3.8, 4) is 11.5 Å². The van der Waals surface area contributed by atoms with Crippen molar-refractivity contribution in [1.82, 2.24) is 0 Å². The van der Waals surface area contributed by atoms with E-state index in [9.17, 15) is 0 Å². The Bertz CT molecular complexity index is 952. The first-order valence-corrected chi connectivity index (χ1v) is 11.2. The zero-order chi connectivity index (χ0) is 22.7. The van der Waals surface area contributed by atoms with Gasteiger partial charge in [-0.05, 0) is 60.6 Å². The van der Waals surface area contributed by atoms with Crippen LogP contribution in [0.15, 0.2) is 84.0 Å². The maximum Gasteiger partial charge on any atom is 0.152 e. The molecule has 0 radical (unpaired) electrons. The van der Waals surface area contributed by atoms with E-state index in [1.54, 1.807) is 0 Å². The molecular formula is C28H36N2O. The summed E-state index contributed by atoms with van der Waals surface area (Å²) in [6.45, 7) is 10.7. The molecule has 3 nitrogen and oxygen atoms in total. The molecule has 0 bridgehead atoms. The van der Waals surface area contributed by atoms with Crippen molar-refractivity contribution in [1.29, 1.82) is 0 Å². The van der Waals surface area contributed by atoms with Crippen LogP contribution in [0.2, 0.25) is 0 Å². The first-order valence-electron chi connectivity index (χ1n) is 11.2. The van der Waals surface area contributed by atoms with Gasteiger partial charge in [-0.15, -0.1) is 0 Å². The van der Waals surface area contributed by atoms with Crippen LogP contribution in [-0.2, 0) is 5.41 Å². The highest BCUT2D eigenvalue weighted by atomic mass is 16.5. The highest BCUT2D eigenvalue weighted by molar-refractivity contribution is 5.65. The summed E-state index contributed by atoms with van der Waals surface area (Å²) in [7, 11) is 1.96. The maximum absolute atomic E-state index is 6.07. The molecule has 0 fully saturated rings. The van der Waals surface area contributed by atoms with Crippen molar-refractivity contribution in [2.45, 2.75) is 52.9 Å². The van der Waals surface area contributed by atoms with Gasteiger partial charge in [-0.2, -0.15) is 5.10 Å². The summed E-state index contributed by atoms with van der Waals surface area (Å²) in [5.74, 6) is 1.60. The molecule has 164 valence electrons. The summed E-state index contributed by atoms with van der Waals surface area (Å²) < 4.78 is 6.07. The summed E-state index contributed by atoms with van der Waals surface area (Å²) in [5.41, 5.74) is 3.72. The predicted octanol–water partition coefficient (Wildman–Crippen LogP) is 7.99. The third-order valence-corrected chi connectivity index (χ3v) is 5.56. The maximum atomic E-state index is 6.07. The minimum atomic E-state index is 0.0652. The van der Waals surface area contributed by atoms with Crippen LogP contribution in [0.1, 0.15) is 51.7 Å². The van der Waals surface area contributed by atoms with Crippen molar-refractivity contribution in [3.63, 3.8) is 0 Å². The van der Waals surface area contributed by atoms with E-state index in [-0.39, 0.29) is 5.41 Å². The standard InChI is InChI=1S/C26H30N2O.C2H6/c1-5-26(3,23-16-10-9-13-21(23)2)19-20-27-28(4)24-17-11-12-18-25(24)29-22-14-7-6-8-15-22;1-2/h6-18,20H,5,19H2,1-4H3;1-2H3/b27-20+;. The monoisotopic (exact) mass is 416 g/mol. The lowest BCUT2D eigenvalue weighted by Gasteiger charge is -2.29. The van der Waals surface area contributed by atoms with E-state index in [1.807, 2.05) is 86.7 Å². The molecule has 3 aromatic rings. The Kier molecular flexibility index (Phi) is 9.33. The van der Waals surface area contributed by atoms with Crippen molar-refractivity contribution in [2.75, 3.05) is 12.1 Å². The van der Waals surface area contributed by atoms with Crippen molar-refractivity contribution < 1.29 is 4.74 Å². The molecule has 0 aliphatic heterocycles. The Balaban J connectivity index is 0.00000166. The van der Waals surface area contributed by atoms with E-state index in [0.29, 0.717) is 0 Å². The fourth-order valence-electron chi connectivity index (χ4n) is 3.55. The molecule has 1 atom stereocenters. The Labute approximate surface area is 188 Å². The average Bonchev–Trinajstić information content (AvgIpc) is 2.81. The van der Waals surface area contributed by atoms with E-state index in [0.717, 1.165) is 30.0 Å². The van der Waals surface area contributed by atoms with Crippen LogP contribution in [0.3, 0.4) is 0 Å². The van der Waals surface area contributed by atoms with Gasteiger partial charge in [0.05, 0.1) is 0 Å². The quantitative estimate of drug-likeness (QED) is 0.274. The zero-order valence-corrected chi connectivity index (χ0v) is 19.8. The summed E-state index contributed by atoms with van der Waals surface area (Å²) in [6, 6.07) is 26.4. The Morgan fingerprint density at radius 1 is 0.903 bits per heavy atom. The predicted molar refractivity (Wildman–Crippen MR) is 135 cm³/mol. The Morgan fingerprint density at radius 2 is 1.52 bits per heavy atom. The van der Waals surface area contributed by atoms with Crippen LogP contribution in [0, 0.1) is 6.92 Å². The molecule has 0 saturated carbocycles. The minimum absolute atomic E-state index is 0.0652. The number of rotatable bonds is 8. The van der Waals surface area contributed by atoms with E-state index in [4.69, 9.17) is 9.84 Å². The first kappa shape index (κ1) is 24.2. The zero-order valence-electron chi connectivity index (χ0n) is 19.8. The number of benzene rings is 3. The second-order valence-electron chi connectivity index (χ2n) is 7.64. The van der Waals surface area contributed by atoms with Gasteiger partial charge in [-0.1, -0.05) is 82.3 Å². The van der Waals surface area contributed by atoms with Crippen molar-refractivity contribution in [3.05, 3.63) is 90.0 Å². The summed E-state index contributed by atoms with van der Waals surface area (Å²) in [4.78, 5) is 0. The van der Waals surface area contributed by atoms with Crippen LogP contribution in [0.25, 0.3) is 0 Å². The third-order valence-electron chi connectivity index (χ3n) is 5.56. The number of nitrogens with zero attached hydrogens (tertiary/aromatic N) is 2. The average molecular weight is 417 g/mol. The summed E-state index contributed by atoms with van der Waals surface area (Å²) in [5, 5.41) is 6.59. The highest BCUT2D eigenvalue weighted by Crippen LogP contribution is 2.34. The lowest BCUT2D eigenvalue weighted by molar-refractivity contribution is 0.473. The second-order valence-corrected chi connectivity index (χ2v) is 7.64. The van der Waals surface area contributed by atoms with Gasteiger partial charge in [0.1, 0.15) is 11.4 Å². The minimum Gasteiger partial charge on any atom is -0.455 e. The molecule has 1 unspecified atom stereocenters. The van der Waals surface area contributed by atoms with Crippen LogP contribution < -0.4 is 9.75 Å². The molecule has 0 spiro atoms. The number of aryl methyl sites for hydroxylation is 1. The Hall–Kier alpha value is -3.07. The van der Waals surface area contributed by atoms with Gasteiger partial charge >= 0.3 is 0 Å². The first-order chi connectivity index (χ1) is 15.0. The molecule has 3 aromatic carbocycles. The van der Waals surface area contributed by atoms with E-state index in [1.165, 1.54) is 11.1 Å². The van der Waals surface area contributed by atoms with Gasteiger partial charge in [-0.3, -0.25) is 5.01 Å². The SMILES string of the molecule is CC.CCC(C)(C/C=N/N(C)c1ccccc1Oc1ccccc1)c1ccccc1C. The molecule has 3 heteroatoms. The molecule has 0 saturated heterocycles. The summed E-state index contributed by atoms with van der Waals surface area (Å²) in [6.07, 6.45) is 3.96.